The maximum absolute atomic E-state index is 11.7. The van der Waals surface area contributed by atoms with E-state index >= 15 is 0 Å². The van der Waals surface area contributed by atoms with Crippen molar-refractivity contribution in [2.45, 2.75) is 45.7 Å². The van der Waals surface area contributed by atoms with Crippen molar-refractivity contribution >= 4 is 0 Å². The lowest BCUT2D eigenvalue weighted by Gasteiger charge is -2.26. The molecular weight excluding hydrogens is 282 g/mol. The van der Waals surface area contributed by atoms with Crippen LogP contribution in [0.25, 0.3) is 0 Å². The lowest BCUT2D eigenvalue weighted by Crippen LogP contribution is -2.34. The van der Waals surface area contributed by atoms with Crippen LogP contribution in [0.4, 0.5) is 0 Å². The fraction of sp³-hybridized carbons (Fsp3) is 0.600. The van der Waals surface area contributed by atoms with Crippen LogP contribution in [0.2, 0.25) is 0 Å². The van der Waals surface area contributed by atoms with Crippen LogP contribution >= 0.6 is 0 Å². The average Bonchev–Trinajstić information content (AvgIpc) is 2.94. The van der Waals surface area contributed by atoms with E-state index in [1.54, 1.807) is 13.1 Å². The Hall–Kier alpha value is -2.02. The standard InChI is InChI=1S/C15H21N5O2/c1-3-4-5-14-16-13(18-22-14)10-20-7-6-12-11(9-20)8-15(21)19(2)17-12/h8H,3-7,9-10H2,1-2H3. The van der Waals surface area contributed by atoms with E-state index in [0.29, 0.717) is 24.8 Å². The Bertz CT molecular complexity index is 706. The fourth-order valence-electron chi connectivity index (χ4n) is 2.67. The zero-order valence-corrected chi connectivity index (χ0v) is 13.1. The quantitative estimate of drug-likeness (QED) is 0.822. The number of nitrogens with zero attached hydrogens (tertiary/aromatic N) is 5. The van der Waals surface area contributed by atoms with Gasteiger partial charge in [-0.2, -0.15) is 10.1 Å². The summed E-state index contributed by atoms with van der Waals surface area (Å²) in [6.45, 7) is 4.37. The third kappa shape index (κ3) is 3.24. The van der Waals surface area contributed by atoms with Gasteiger partial charge < -0.3 is 4.52 Å². The highest BCUT2D eigenvalue weighted by molar-refractivity contribution is 5.20. The largest absolute Gasteiger partial charge is 0.339 e. The van der Waals surface area contributed by atoms with E-state index in [9.17, 15) is 4.79 Å². The van der Waals surface area contributed by atoms with Gasteiger partial charge in [-0.25, -0.2) is 4.68 Å². The first-order chi connectivity index (χ1) is 10.7. The van der Waals surface area contributed by atoms with E-state index in [2.05, 4.69) is 27.1 Å². The zero-order valence-electron chi connectivity index (χ0n) is 13.1. The van der Waals surface area contributed by atoms with Crippen molar-refractivity contribution in [2.75, 3.05) is 6.54 Å². The second kappa shape index (κ2) is 6.39. The molecule has 3 heterocycles. The predicted molar refractivity (Wildman–Crippen MR) is 80.2 cm³/mol. The van der Waals surface area contributed by atoms with Crippen LogP contribution in [0, 0.1) is 0 Å². The summed E-state index contributed by atoms with van der Waals surface area (Å²) in [6.07, 6.45) is 3.85. The summed E-state index contributed by atoms with van der Waals surface area (Å²) < 4.78 is 6.66. The highest BCUT2D eigenvalue weighted by Crippen LogP contribution is 2.16. The lowest BCUT2D eigenvalue weighted by molar-refractivity contribution is 0.231. The number of aromatic nitrogens is 4. The SMILES string of the molecule is CCCCc1nc(CN2CCc3nn(C)c(=O)cc3C2)no1. The molecule has 0 unspecified atom stereocenters. The lowest BCUT2D eigenvalue weighted by atomic mass is 10.1. The molecule has 1 aliphatic heterocycles. The Morgan fingerprint density at radius 1 is 1.41 bits per heavy atom. The Morgan fingerprint density at radius 2 is 2.27 bits per heavy atom. The van der Waals surface area contributed by atoms with Crippen molar-refractivity contribution in [1.82, 2.24) is 24.8 Å². The fourth-order valence-corrected chi connectivity index (χ4v) is 2.67. The monoisotopic (exact) mass is 303 g/mol. The molecule has 3 rings (SSSR count). The van der Waals surface area contributed by atoms with Crippen LogP contribution in [0.3, 0.4) is 0 Å². The van der Waals surface area contributed by atoms with Gasteiger partial charge in [0.05, 0.1) is 12.2 Å². The van der Waals surface area contributed by atoms with E-state index < -0.39 is 0 Å². The first kappa shape index (κ1) is 14.9. The minimum absolute atomic E-state index is 0.0676. The minimum atomic E-state index is -0.0676. The number of aryl methyl sites for hydroxylation is 2. The maximum atomic E-state index is 11.7. The highest BCUT2D eigenvalue weighted by Gasteiger charge is 2.20. The normalized spacial score (nSPS) is 15.0. The molecule has 0 radical (unpaired) electrons. The van der Waals surface area contributed by atoms with Gasteiger partial charge >= 0.3 is 0 Å². The Morgan fingerprint density at radius 3 is 3.09 bits per heavy atom. The number of rotatable bonds is 5. The smallest absolute Gasteiger partial charge is 0.266 e. The molecule has 0 amide bonds. The van der Waals surface area contributed by atoms with Crippen LogP contribution < -0.4 is 5.56 Å². The number of hydrogen-bond donors (Lipinski definition) is 0. The van der Waals surface area contributed by atoms with Gasteiger partial charge in [0.15, 0.2) is 5.82 Å². The third-order valence-corrected chi connectivity index (χ3v) is 3.94. The molecule has 0 N–H and O–H groups in total. The number of fused-ring (bicyclic) bond motifs is 1. The molecule has 0 atom stereocenters. The van der Waals surface area contributed by atoms with E-state index in [1.165, 1.54) is 4.68 Å². The molecule has 7 nitrogen and oxygen atoms in total. The van der Waals surface area contributed by atoms with E-state index in [0.717, 1.165) is 43.5 Å². The van der Waals surface area contributed by atoms with Crippen LogP contribution in [0.15, 0.2) is 15.4 Å². The molecule has 0 fully saturated rings. The van der Waals surface area contributed by atoms with Gasteiger partial charge in [-0.05, 0) is 12.0 Å². The molecule has 0 bridgehead atoms. The Balaban J connectivity index is 1.66. The molecule has 0 aromatic carbocycles. The molecular formula is C15H21N5O2. The van der Waals surface area contributed by atoms with E-state index in [4.69, 9.17) is 4.52 Å². The summed E-state index contributed by atoms with van der Waals surface area (Å²) in [6, 6.07) is 1.68. The summed E-state index contributed by atoms with van der Waals surface area (Å²) in [7, 11) is 1.69. The maximum Gasteiger partial charge on any atom is 0.266 e. The second-order valence-corrected chi connectivity index (χ2v) is 5.75. The molecule has 118 valence electrons. The van der Waals surface area contributed by atoms with E-state index in [-0.39, 0.29) is 5.56 Å². The van der Waals surface area contributed by atoms with Gasteiger partial charge in [-0.15, -0.1) is 0 Å². The van der Waals surface area contributed by atoms with Gasteiger partial charge in [0.2, 0.25) is 5.89 Å². The van der Waals surface area contributed by atoms with Crippen molar-refractivity contribution in [3.8, 4) is 0 Å². The predicted octanol–water partition coefficient (Wildman–Crippen LogP) is 1.06. The Labute approximate surface area is 128 Å². The van der Waals surface area contributed by atoms with Crippen molar-refractivity contribution in [2.24, 2.45) is 7.05 Å². The van der Waals surface area contributed by atoms with E-state index in [1.807, 2.05) is 0 Å². The van der Waals surface area contributed by atoms with Crippen LogP contribution in [-0.2, 0) is 33.0 Å². The van der Waals surface area contributed by atoms with Crippen LogP contribution in [-0.4, -0.2) is 31.4 Å². The average molecular weight is 303 g/mol. The summed E-state index contributed by atoms with van der Waals surface area (Å²) in [4.78, 5) is 18.4. The molecule has 0 aliphatic carbocycles. The van der Waals surface area contributed by atoms with Crippen LogP contribution in [0.5, 0.6) is 0 Å². The van der Waals surface area contributed by atoms with Gasteiger partial charge in [-0.3, -0.25) is 9.69 Å². The zero-order chi connectivity index (χ0) is 15.5. The van der Waals surface area contributed by atoms with Crippen molar-refractivity contribution < 1.29 is 4.52 Å². The summed E-state index contributed by atoms with van der Waals surface area (Å²) in [5.41, 5.74) is 1.95. The molecule has 7 heteroatoms. The minimum Gasteiger partial charge on any atom is -0.339 e. The second-order valence-electron chi connectivity index (χ2n) is 5.75. The summed E-state index contributed by atoms with van der Waals surface area (Å²) in [5, 5.41) is 8.36. The Kier molecular flexibility index (Phi) is 4.33. The highest BCUT2D eigenvalue weighted by atomic mass is 16.5. The van der Waals surface area contributed by atoms with Gasteiger partial charge in [-0.1, -0.05) is 18.5 Å². The number of unbranched alkanes of at least 4 members (excludes halogenated alkanes) is 1. The van der Waals surface area contributed by atoms with Crippen LogP contribution in [0.1, 0.15) is 42.7 Å². The molecule has 0 saturated carbocycles. The third-order valence-electron chi connectivity index (χ3n) is 3.94. The molecule has 0 spiro atoms. The first-order valence-electron chi connectivity index (χ1n) is 7.75. The van der Waals surface area contributed by atoms with Crippen molar-refractivity contribution in [1.29, 1.82) is 0 Å². The van der Waals surface area contributed by atoms with Crippen molar-refractivity contribution in [3.05, 3.63) is 39.4 Å². The molecule has 0 saturated heterocycles. The summed E-state index contributed by atoms with van der Waals surface area (Å²) >= 11 is 0. The molecule has 2 aromatic heterocycles. The van der Waals surface area contributed by atoms with Gasteiger partial charge in [0.25, 0.3) is 5.56 Å². The number of hydrogen-bond acceptors (Lipinski definition) is 6. The van der Waals surface area contributed by atoms with Crippen molar-refractivity contribution in [3.63, 3.8) is 0 Å². The summed E-state index contributed by atoms with van der Waals surface area (Å²) in [5.74, 6) is 1.43. The molecule has 1 aliphatic rings. The van der Waals surface area contributed by atoms with Gasteiger partial charge in [0.1, 0.15) is 0 Å². The van der Waals surface area contributed by atoms with Gasteiger partial charge in [0, 0.05) is 39.0 Å². The molecule has 22 heavy (non-hydrogen) atoms. The topological polar surface area (TPSA) is 77.1 Å². The first-order valence-corrected chi connectivity index (χ1v) is 7.75. The molecule has 2 aromatic rings.